The van der Waals surface area contributed by atoms with Crippen molar-refractivity contribution < 1.29 is 24.1 Å². The molecule has 2 aromatic rings. The number of hydrogen-bond acceptors (Lipinski definition) is 5. The summed E-state index contributed by atoms with van der Waals surface area (Å²) in [6, 6.07) is 7.72. The average molecular weight is 330 g/mol. The summed E-state index contributed by atoms with van der Waals surface area (Å²) < 4.78 is 21.6. The minimum atomic E-state index is -0.612. The van der Waals surface area contributed by atoms with Crippen LogP contribution in [-0.4, -0.2) is 33.5 Å². The number of benzene rings is 2. The second kappa shape index (κ2) is 6.61. The van der Waals surface area contributed by atoms with Gasteiger partial charge in [-0.15, -0.1) is 0 Å². The molecule has 0 heterocycles. The highest BCUT2D eigenvalue weighted by atomic mass is 16.5. The van der Waals surface area contributed by atoms with Gasteiger partial charge in [-0.3, -0.25) is 0 Å². The fourth-order valence-electron chi connectivity index (χ4n) is 3.24. The normalized spacial score (nSPS) is 15.8. The fraction of sp³-hybridized carbons (Fsp3) is 0.368. The molecule has 5 nitrogen and oxygen atoms in total. The molecule has 2 aromatic carbocycles. The lowest BCUT2D eigenvalue weighted by Crippen LogP contribution is -2.04. The average Bonchev–Trinajstić information content (AvgIpc) is 2.74. The summed E-state index contributed by atoms with van der Waals surface area (Å²) in [4.78, 5) is 0. The van der Waals surface area contributed by atoms with Crippen LogP contribution in [0.2, 0.25) is 0 Å². The molecule has 1 aliphatic carbocycles. The Labute approximate surface area is 141 Å². The molecule has 0 aromatic heterocycles. The minimum Gasteiger partial charge on any atom is -0.493 e. The highest BCUT2D eigenvalue weighted by Crippen LogP contribution is 2.40. The Hall–Kier alpha value is -2.40. The Morgan fingerprint density at radius 1 is 0.708 bits per heavy atom. The van der Waals surface area contributed by atoms with Gasteiger partial charge in [0.15, 0.2) is 23.0 Å². The monoisotopic (exact) mass is 330 g/mol. The van der Waals surface area contributed by atoms with Crippen LogP contribution in [0.15, 0.2) is 24.3 Å². The summed E-state index contributed by atoms with van der Waals surface area (Å²) in [6.45, 7) is 0. The Morgan fingerprint density at radius 2 is 1.17 bits per heavy atom. The van der Waals surface area contributed by atoms with Gasteiger partial charge >= 0.3 is 0 Å². The van der Waals surface area contributed by atoms with Gasteiger partial charge in [-0.25, -0.2) is 0 Å². The third kappa shape index (κ3) is 2.76. The molecule has 1 aliphatic rings. The molecule has 0 radical (unpaired) electrons. The van der Waals surface area contributed by atoms with Crippen molar-refractivity contribution in [1.29, 1.82) is 0 Å². The Balaban J connectivity index is 2.12. The number of ether oxygens (including phenoxy) is 4. The van der Waals surface area contributed by atoms with E-state index in [1.54, 1.807) is 28.4 Å². The SMILES string of the molecule is COc1cc2c(cc1OC)CC(O)c1cc(OC)c(OC)cc1C2. The van der Waals surface area contributed by atoms with E-state index in [0.29, 0.717) is 35.8 Å². The molecule has 0 spiro atoms. The highest BCUT2D eigenvalue weighted by molar-refractivity contribution is 5.55. The second-order valence-electron chi connectivity index (χ2n) is 5.78. The first-order chi connectivity index (χ1) is 11.6. The molecule has 0 bridgehead atoms. The standard InChI is InChI=1S/C19H22O5/c1-21-16-7-11-5-13-9-18(23-3)19(24-4)10-14(13)15(20)6-12(11)8-17(16)22-2/h7-10,15,20H,5-6H2,1-4H3. The summed E-state index contributed by atoms with van der Waals surface area (Å²) in [5.74, 6) is 2.64. The van der Waals surface area contributed by atoms with Crippen molar-refractivity contribution in [2.45, 2.75) is 18.9 Å². The van der Waals surface area contributed by atoms with Crippen molar-refractivity contribution in [3.05, 3.63) is 46.5 Å². The maximum absolute atomic E-state index is 10.7. The molecule has 0 saturated carbocycles. The lowest BCUT2D eigenvalue weighted by molar-refractivity contribution is 0.178. The topological polar surface area (TPSA) is 57.2 Å². The fourth-order valence-corrected chi connectivity index (χ4v) is 3.24. The highest BCUT2D eigenvalue weighted by Gasteiger charge is 2.24. The maximum Gasteiger partial charge on any atom is 0.161 e. The Bertz CT molecular complexity index is 754. The number of fused-ring (bicyclic) bond motifs is 2. The molecule has 128 valence electrons. The molecular formula is C19H22O5. The maximum atomic E-state index is 10.7. The first-order valence-electron chi connectivity index (χ1n) is 7.77. The summed E-state index contributed by atoms with van der Waals surface area (Å²) in [6.07, 6.45) is 0.583. The van der Waals surface area contributed by atoms with Crippen LogP contribution >= 0.6 is 0 Å². The smallest absolute Gasteiger partial charge is 0.161 e. The van der Waals surface area contributed by atoms with E-state index in [-0.39, 0.29) is 0 Å². The van der Waals surface area contributed by atoms with Crippen molar-refractivity contribution in [2.75, 3.05) is 28.4 Å². The number of aliphatic hydroxyl groups excluding tert-OH is 1. The van der Waals surface area contributed by atoms with Gasteiger partial charge in [0.2, 0.25) is 0 Å². The van der Waals surface area contributed by atoms with Crippen LogP contribution in [0.5, 0.6) is 23.0 Å². The molecule has 1 unspecified atom stereocenters. The minimum absolute atomic E-state index is 0.512. The van der Waals surface area contributed by atoms with Crippen LogP contribution in [0.3, 0.4) is 0 Å². The summed E-state index contributed by atoms with van der Waals surface area (Å²) in [5.41, 5.74) is 4.04. The molecule has 0 aliphatic heterocycles. The zero-order chi connectivity index (χ0) is 17.3. The van der Waals surface area contributed by atoms with Gasteiger partial charge in [0, 0.05) is 6.42 Å². The van der Waals surface area contributed by atoms with Gasteiger partial charge in [-0.05, 0) is 52.9 Å². The van der Waals surface area contributed by atoms with Crippen molar-refractivity contribution in [3.63, 3.8) is 0 Å². The lowest BCUT2D eigenvalue weighted by atomic mass is 9.99. The predicted octanol–water partition coefficient (Wildman–Crippen LogP) is 2.90. The van der Waals surface area contributed by atoms with Gasteiger partial charge in [-0.1, -0.05) is 0 Å². The second-order valence-corrected chi connectivity index (χ2v) is 5.78. The molecule has 0 fully saturated rings. The van der Waals surface area contributed by atoms with Gasteiger partial charge in [0.1, 0.15) is 0 Å². The van der Waals surface area contributed by atoms with Crippen LogP contribution in [0.1, 0.15) is 28.4 Å². The van der Waals surface area contributed by atoms with Crippen LogP contribution in [0.25, 0.3) is 0 Å². The lowest BCUT2D eigenvalue weighted by Gasteiger charge is -2.16. The molecule has 1 atom stereocenters. The number of hydrogen-bond donors (Lipinski definition) is 1. The van der Waals surface area contributed by atoms with E-state index < -0.39 is 6.10 Å². The van der Waals surface area contributed by atoms with Crippen molar-refractivity contribution in [1.82, 2.24) is 0 Å². The Kier molecular flexibility index (Phi) is 4.53. The molecule has 1 N–H and O–H groups in total. The zero-order valence-electron chi connectivity index (χ0n) is 14.4. The van der Waals surface area contributed by atoms with Gasteiger partial charge in [-0.2, -0.15) is 0 Å². The van der Waals surface area contributed by atoms with Crippen LogP contribution < -0.4 is 18.9 Å². The van der Waals surface area contributed by atoms with Crippen LogP contribution in [0, 0.1) is 0 Å². The number of methoxy groups -OCH3 is 4. The first-order valence-corrected chi connectivity index (χ1v) is 7.77. The molecule has 24 heavy (non-hydrogen) atoms. The largest absolute Gasteiger partial charge is 0.493 e. The first kappa shape index (κ1) is 16.5. The molecule has 0 amide bonds. The quantitative estimate of drug-likeness (QED) is 0.934. The summed E-state index contributed by atoms with van der Waals surface area (Å²) in [5, 5.41) is 10.7. The molecule has 0 saturated heterocycles. The van der Waals surface area contributed by atoms with Gasteiger partial charge < -0.3 is 24.1 Å². The van der Waals surface area contributed by atoms with Crippen molar-refractivity contribution in [2.24, 2.45) is 0 Å². The third-order valence-corrected chi connectivity index (χ3v) is 4.50. The van der Waals surface area contributed by atoms with Gasteiger partial charge in [0.25, 0.3) is 0 Å². The summed E-state index contributed by atoms with van der Waals surface area (Å²) in [7, 11) is 6.44. The van der Waals surface area contributed by atoms with Crippen LogP contribution in [0.4, 0.5) is 0 Å². The predicted molar refractivity (Wildman–Crippen MR) is 90.6 cm³/mol. The van der Waals surface area contributed by atoms with E-state index in [1.807, 2.05) is 24.3 Å². The zero-order valence-corrected chi connectivity index (χ0v) is 14.4. The molecule has 5 heteroatoms. The Morgan fingerprint density at radius 3 is 1.71 bits per heavy atom. The van der Waals surface area contributed by atoms with Gasteiger partial charge in [0.05, 0.1) is 34.5 Å². The van der Waals surface area contributed by atoms with Crippen LogP contribution in [-0.2, 0) is 12.8 Å². The van der Waals surface area contributed by atoms with Crippen molar-refractivity contribution in [3.8, 4) is 23.0 Å². The van der Waals surface area contributed by atoms with E-state index in [2.05, 4.69) is 0 Å². The van der Waals surface area contributed by atoms with Crippen molar-refractivity contribution >= 4 is 0 Å². The van der Waals surface area contributed by atoms with E-state index in [1.165, 1.54) is 0 Å². The van der Waals surface area contributed by atoms with E-state index in [9.17, 15) is 5.11 Å². The molecular weight excluding hydrogens is 308 g/mol. The van der Waals surface area contributed by atoms with E-state index in [0.717, 1.165) is 22.3 Å². The third-order valence-electron chi connectivity index (χ3n) is 4.50. The molecule has 3 rings (SSSR count). The number of aliphatic hydroxyl groups is 1. The number of rotatable bonds is 4. The van der Waals surface area contributed by atoms with E-state index in [4.69, 9.17) is 18.9 Å². The summed E-state index contributed by atoms with van der Waals surface area (Å²) >= 11 is 0. The van der Waals surface area contributed by atoms with E-state index >= 15 is 0 Å².